The molecule has 0 saturated heterocycles. The van der Waals surface area contributed by atoms with Gasteiger partial charge in [-0.3, -0.25) is 4.79 Å². The lowest BCUT2D eigenvalue weighted by atomic mass is 10.1. The van der Waals surface area contributed by atoms with Gasteiger partial charge in [-0.05, 0) is 44.4 Å². The number of benzene rings is 1. The molecule has 1 rings (SSSR count). The van der Waals surface area contributed by atoms with Crippen LogP contribution < -0.4 is 5.32 Å². The molecule has 0 aliphatic heterocycles. The second-order valence-electron chi connectivity index (χ2n) is 4.45. The van der Waals surface area contributed by atoms with Gasteiger partial charge in [0, 0.05) is 5.69 Å². The Labute approximate surface area is 104 Å². The van der Waals surface area contributed by atoms with Gasteiger partial charge in [-0.15, -0.1) is 0 Å². The first-order valence-corrected chi connectivity index (χ1v) is 6.10. The summed E-state index contributed by atoms with van der Waals surface area (Å²) < 4.78 is 0. The third-order valence-corrected chi connectivity index (χ3v) is 2.65. The van der Waals surface area contributed by atoms with Gasteiger partial charge in [0.1, 0.15) is 0 Å². The molecule has 0 unspecified atom stereocenters. The number of anilines is 1. The van der Waals surface area contributed by atoms with E-state index >= 15 is 0 Å². The van der Waals surface area contributed by atoms with Crippen LogP contribution >= 0.6 is 0 Å². The highest BCUT2D eigenvalue weighted by Gasteiger charge is 2.05. The smallest absolute Gasteiger partial charge is 0.248 e. The van der Waals surface area contributed by atoms with Crippen LogP contribution in [0, 0.1) is 20.8 Å². The van der Waals surface area contributed by atoms with E-state index in [4.69, 9.17) is 0 Å². The van der Waals surface area contributed by atoms with Crippen molar-refractivity contribution in [1.82, 2.24) is 0 Å². The van der Waals surface area contributed by atoms with Crippen molar-refractivity contribution in [1.29, 1.82) is 0 Å². The first-order valence-electron chi connectivity index (χ1n) is 6.10. The molecule has 0 radical (unpaired) electrons. The molecule has 0 aliphatic carbocycles. The summed E-state index contributed by atoms with van der Waals surface area (Å²) >= 11 is 0. The van der Waals surface area contributed by atoms with Crippen LogP contribution in [0.25, 0.3) is 0 Å². The quantitative estimate of drug-likeness (QED) is 0.782. The zero-order chi connectivity index (χ0) is 12.8. The molecule has 0 saturated carbocycles. The number of amides is 1. The lowest BCUT2D eigenvalue weighted by Gasteiger charge is -2.11. The third-order valence-electron chi connectivity index (χ3n) is 2.65. The van der Waals surface area contributed by atoms with Crippen LogP contribution in [0.15, 0.2) is 24.3 Å². The molecule has 1 aromatic rings. The van der Waals surface area contributed by atoms with Crippen molar-refractivity contribution in [2.24, 2.45) is 0 Å². The third kappa shape index (κ3) is 4.06. The zero-order valence-electron chi connectivity index (χ0n) is 11.1. The SMILES string of the molecule is CCC/C=C/C(=O)Nc1c(C)cc(C)cc1C. The maximum Gasteiger partial charge on any atom is 0.248 e. The van der Waals surface area contributed by atoms with Gasteiger partial charge < -0.3 is 5.32 Å². The largest absolute Gasteiger partial charge is 0.322 e. The number of hydrogen-bond acceptors (Lipinski definition) is 1. The number of unbranched alkanes of at least 4 members (excludes halogenated alkanes) is 1. The fourth-order valence-electron chi connectivity index (χ4n) is 1.90. The van der Waals surface area contributed by atoms with Crippen LogP contribution in [0.4, 0.5) is 5.69 Å². The number of nitrogens with one attached hydrogen (secondary N) is 1. The van der Waals surface area contributed by atoms with Gasteiger partial charge in [0.15, 0.2) is 0 Å². The second-order valence-corrected chi connectivity index (χ2v) is 4.45. The molecule has 0 bridgehead atoms. The average molecular weight is 231 g/mol. The average Bonchev–Trinajstić information content (AvgIpc) is 2.24. The first-order chi connectivity index (χ1) is 8.04. The summed E-state index contributed by atoms with van der Waals surface area (Å²) in [6.07, 6.45) is 5.53. The maximum atomic E-state index is 11.7. The predicted molar refractivity (Wildman–Crippen MR) is 73.3 cm³/mol. The van der Waals surface area contributed by atoms with Gasteiger partial charge in [0.05, 0.1) is 0 Å². The minimum atomic E-state index is -0.0477. The molecule has 0 spiro atoms. The van der Waals surface area contributed by atoms with Crippen LogP contribution in [0.2, 0.25) is 0 Å². The van der Waals surface area contributed by atoms with E-state index in [1.807, 2.05) is 19.9 Å². The van der Waals surface area contributed by atoms with Crippen molar-refractivity contribution < 1.29 is 4.79 Å². The highest BCUT2D eigenvalue weighted by Crippen LogP contribution is 2.21. The summed E-state index contributed by atoms with van der Waals surface area (Å²) in [5, 5.41) is 2.94. The second kappa shape index (κ2) is 6.24. The van der Waals surface area contributed by atoms with Crippen molar-refractivity contribution >= 4 is 11.6 Å². The molecule has 0 heterocycles. The molecule has 0 aromatic heterocycles. The molecule has 0 atom stereocenters. The van der Waals surface area contributed by atoms with Gasteiger partial charge >= 0.3 is 0 Å². The van der Waals surface area contributed by atoms with Crippen molar-refractivity contribution in [3.05, 3.63) is 41.0 Å². The van der Waals surface area contributed by atoms with Gasteiger partial charge in [-0.1, -0.05) is 37.1 Å². The van der Waals surface area contributed by atoms with Crippen LogP contribution in [-0.2, 0) is 4.79 Å². The Hall–Kier alpha value is -1.57. The molecular weight excluding hydrogens is 210 g/mol. The van der Waals surface area contributed by atoms with E-state index < -0.39 is 0 Å². The van der Waals surface area contributed by atoms with Crippen molar-refractivity contribution in [2.45, 2.75) is 40.5 Å². The standard InChI is InChI=1S/C15H21NO/c1-5-6-7-8-14(17)16-15-12(3)9-11(2)10-13(15)4/h7-10H,5-6H2,1-4H3,(H,16,17)/b8-7+. The Bertz CT molecular complexity index is 410. The summed E-state index contributed by atoms with van der Waals surface area (Å²) in [6.45, 7) is 8.19. The molecule has 0 fully saturated rings. The fraction of sp³-hybridized carbons (Fsp3) is 0.400. The minimum absolute atomic E-state index is 0.0477. The normalized spacial score (nSPS) is 10.8. The van der Waals surface area contributed by atoms with Gasteiger partial charge in [0.2, 0.25) is 5.91 Å². The summed E-state index contributed by atoms with van der Waals surface area (Å²) in [6, 6.07) is 4.16. The monoisotopic (exact) mass is 231 g/mol. The molecular formula is C15H21NO. The molecule has 92 valence electrons. The number of aryl methyl sites for hydroxylation is 3. The van der Waals surface area contributed by atoms with Crippen LogP contribution in [0.1, 0.15) is 36.5 Å². The molecule has 1 amide bonds. The number of allylic oxidation sites excluding steroid dienone is 1. The van der Waals surface area contributed by atoms with E-state index in [-0.39, 0.29) is 5.91 Å². The number of hydrogen-bond donors (Lipinski definition) is 1. The number of carbonyl (C=O) groups is 1. The molecule has 2 heteroatoms. The highest BCUT2D eigenvalue weighted by atomic mass is 16.1. The zero-order valence-corrected chi connectivity index (χ0v) is 11.1. The molecule has 2 nitrogen and oxygen atoms in total. The van der Waals surface area contributed by atoms with E-state index in [1.54, 1.807) is 6.08 Å². The first kappa shape index (κ1) is 13.5. The predicted octanol–water partition coefficient (Wildman–Crippen LogP) is 3.91. The Morgan fingerprint density at radius 2 is 1.82 bits per heavy atom. The lowest BCUT2D eigenvalue weighted by Crippen LogP contribution is -2.10. The molecule has 0 aliphatic rings. The molecule has 17 heavy (non-hydrogen) atoms. The maximum absolute atomic E-state index is 11.7. The molecule has 1 aromatic carbocycles. The Balaban J connectivity index is 2.78. The lowest BCUT2D eigenvalue weighted by molar-refractivity contribution is -0.111. The van der Waals surface area contributed by atoms with E-state index in [0.717, 1.165) is 29.7 Å². The highest BCUT2D eigenvalue weighted by molar-refractivity contribution is 6.00. The summed E-state index contributed by atoms with van der Waals surface area (Å²) in [5.74, 6) is -0.0477. The number of rotatable bonds is 4. The summed E-state index contributed by atoms with van der Waals surface area (Å²) in [4.78, 5) is 11.7. The minimum Gasteiger partial charge on any atom is -0.322 e. The Morgan fingerprint density at radius 1 is 1.24 bits per heavy atom. The summed E-state index contributed by atoms with van der Waals surface area (Å²) in [5.41, 5.74) is 4.38. The van der Waals surface area contributed by atoms with Gasteiger partial charge in [0.25, 0.3) is 0 Å². The van der Waals surface area contributed by atoms with E-state index in [1.165, 1.54) is 5.56 Å². The topological polar surface area (TPSA) is 29.1 Å². The van der Waals surface area contributed by atoms with E-state index in [9.17, 15) is 4.79 Å². The van der Waals surface area contributed by atoms with Crippen molar-refractivity contribution in [3.8, 4) is 0 Å². The van der Waals surface area contributed by atoms with Crippen LogP contribution in [-0.4, -0.2) is 5.91 Å². The van der Waals surface area contributed by atoms with E-state index in [2.05, 4.69) is 31.3 Å². The van der Waals surface area contributed by atoms with E-state index in [0.29, 0.717) is 0 Å². The van der Waals surface area contributed by atoms with Crippen LogP contribution in [0.5, 0.6) is 0 Å². The Kier molecular flexibility index (Phi) is 4.95. The van der Waals surface area contributed by atoms with Gasteiger partial charge in [-0.25, -0.2) is 0 Å². The molecule has 1 N–H and O–H groups in total. The van der Waals surface area contributed by atoms with Crippen LogP contribution in [0.3, 0.4) is 0 Å². The summed E-state index contributed by atoms with van der Waals surface area (Å²) in [7, 11) is 0. The van der Waals surface area contributed by atoms with Crippen molar-refractivity contribution in [3.63, 3.8) is 0 Å². The number of carbonyl (C=O) groups excluding carboxylic acids is 1. The Morgan fingerprint density at radius 3 is 2.35 bits per heavy atom. The van der Waals surface area contributed by atoms with Gasteiger partial charge in [-0.2, -0.15) is 0 Å². The fourth-order valence-corrected chi connectivity index (χ4v) is 1.90. The van der Waals surface area contributed by atoms with Crippen molar-refractivity contribution in [2.75, 3.05) is 5.32 Å².